The van der Waals surface area contributed by atoms with Gasteiger partial charge in [-0.3, -0.25) is 9.36 Å². The molecular weight excluding hydrogens is 348 g/mol. The molecule has 2 aromatic rings. The molecule has 1 aromatic heterocycles. The smallest absolute Gasteiger partial charge is 0.342 e. The third kappa shape index (κ3) is 4.78. The van der Waals surface area contributed by atoms with E-state index in [1.165, 1.54) is 17.3 Å². The number of carbonyl (C=O) groups is 1. The van der Waals surface area contributed by atoms with Crippen molar-refractivity contribution in [2.45, 2.75) is 44.3 Å². The number of likely N-dealkylation sites (tertiary alicyclic amines) is 1. The fourth-order valence-corrected chi connectivity index (χ4v) is 4.26. The fraction of sp³-hybridized carbons (Fsp3) is 0.526. The van der Waals surface area contributed by atoms with Gasteiger partial charge in [-0.2, -0.15) is 0 Å². The molecule has 0 bridgehead atoms. The van der Waals surface area contributed by atoms with Crippen molar-refractivity contribution in [1.82, 2.24) is 19.7 Å². The highest BCUT2D eigenvalue weighted by Crippen LogP contribution is 2.23. The Hall–Kier alpha value is -2.02. The average molecular weight is 375 g/mol. The molecule has 1 fully saturated rings. The van der Waals surface area contributed by atoms with E-state index in [0.29, 0.717) is 23.4 Å². The molecule has 2 heterocycles. The molecule has 6 nitrogen and oxygen atoms in total. The van der Waals surface area contributed by atoms with Crippen LogP contribution >= 0.6 is 11.8 Å². The van der Waals surface area contributed by atoms with Crippen molar-refractivity contribution < 1.29 is 4.79 Å². The van der Waals surface area contributed by atoms with E-state index in [1.54, 1.807) is 4.57 Å². The molecule has 26 heavy (non-hydrogen) atoms. The number of rotatable bonds is 7. The Bertz CT molecular complexity index is 763. The molecule has 1 saturated heterocycles. The highest BCUT2D eigenvalue weighted by molar-refractivity contribution is 7.99. The van der Waals surface area contributed by atoms with Gasteiger partial charge in [-0.1, -0.05) is 49.0 Å². The van der Waals surface area contributed by atoms with Gasteiger partial charge in [0, 0.05) is 19.6 Å². The molecule has 0 spiro atoms. The van der Waals surface area contributed by atoms with Crippen LogP contribution in [-0.4, -0.2) is 44.4 Å². The summed E-state index contributed by atoms with van der Waals surface area (Å²) in [6, 6.07) is 10.6. The maximum Gasteiger partial charge on any atom is 0.343 e. The van der Waals surface area contributed by atoms with Crippen LogP contribution in [0.25, 0.3) is 0 Å². The van der Waals surface area contributed by atoms with Gasteiger partial charge in [0.2, 0.25) is 5.91 Å². The van der Waals surface area contributed by atoms with Crippen molar-refractivity contribution >= 4 is 17.7 Å². The Morgan fingerprint density at radius 2 is 2.00 bits per heavy atom. The number of H-pyrrole nitrogens is 1. The van der Waals surface area contributed by atoms with Gasteiger partial charge in [0.15, 0.2) is 5.16 Å². The van der Waals surface area contributed by atoms with Crippen molar-refractivity contribution in [3.8, 4) is 0 Å². The summed E-state index contributed by atoms with van der Waals surface area (Å²) in [6.45, 7) is 4.27. The lowest BCUT2D eigenvalue weighted by Crippen LogP contribution is -2.39. The number of thioether (sulfide) groups is 1. The Morgan fingerprint density at radius 1 is 1.27 bits per heavy atom. The first-order chi connectivity index (χ1) is 12.7. The fourth-order valence-electron chi connectivity index (χ4n) is 3.39. The number of piperidine rings is 1. The predicted molar refractivity (Wildman–Crippen MR) is 103 cm³/mol. The minimum atomic E-state index is -0.205. The zero-order valence-electron chi connectivity index (χ0n) is 15.2. The topological polar surface area (TPSA) is 71.0 Å². The molecule has 1 amide bonds. The van der Waals surface area contributed by atoms with Crippen LogP contribution < -0.4 is 5.69 Å². The number of hydrogen-bond donors (Lipinski definition) is 1. The Kier molecular flexibility index (Phi) is 6.55. The summed E-state index contributed by atoms with van der Waals surface area (Å²) in [7, 11) is 0. The first-order valence-electron chi connectivity index (χ1n) is 9.27. The van der Waals surface area contributed by atoms with Crippen LogP contribution in [-0.2, 0) is 17.8 Å². The standard InChI is InChI=1S/C19H26N4O2S/c1-2-10-23-18(25)20-21-19(23)26-14-17(24)22-11-8-16(9-12-22)13-15-6-4-3-5-7-15/h3-7,16H,2,8-14H2,1H3,(H,20,25). The van der Waals surface area contributed by atoms with E-state index in [9.17, 15) is 9.59 Å². The summed E-state index contributed by atoms with van der Waals surface area (Å²) >= 11 is 1.34. The van der Waals surface area contributed by atoms with Crippen LogP contribution in [0.2, 0.25) is 0 Å². The average Bonchev–Trinajstić information content (AvgIpc) is 3.01. The minimum Gasteiger partial charge on any atom is -0.342 e. The van der Waals surface area contributed by atoms with E-state index in [4.69, 9.17) is 0 Å². The SMILES string of the molecule is CCCn1c(SCC(=O)N2CCC(Cc3ccccc3)CC2)n[nH]c1=O. The monoisotopic (exact) mass is 374 g/mol. The second kappa shape index (κ2) is 9.07. The van der Waals surface area contributed by atoms with Crippen LogP contribution in [0.1, 0.15) is 31.7 Å². The van der Waals surface area contributed by atoms with Crippen LogP contribution in [0.5, 0.6) is 0 Å². The molecule has 3 rings (SSSR count). The lowest BCUT2D eigenvalue weighted by Gasteiger charge is -2.32. The van der Waals surface area contributed by atoms with Crippen molar-refractivity contribution in [2.75, 3.05) is 18.8 Å². The van der Waals surface area contributed by atoms with Gasteiger partial charge < -0.3 is 4.90 Å². The third-order valence-electron chi connectivity index (χ3n) is 4.83. The molecule has 0 saturated carbocycles. The molecule has 0 radical (unpaired) electrons. The maximum atomic E-state index is 12.5. The van der Waals surface area contributed by atoms with Gasteiger partial charge in [0.1, 0.15) is 0 Å². The lowest BCUT2D eigenvalue weighted by atomic mass is 9.90. The number of carbonyl (C=O) groups excluding carboxylic acids is 1. The zero-order valence-corrected chi connectivity index (χ0v) is 16.0. The van der Waals surface area contributed by atoms with Gasteiger partial charge in [-0.15, -0.1) is 5.10 Å². The number of nitrogens with zero attached hydrogens (tertiary/aromatic N) is 3. The molecular formula is C19H26N4O2S. The molecule has 1 aromatic carbocycles. The van der Waals surface area contributed by atoms with Gasteiger partial charge in [0.05, 0.1) is 5.75 Å². The van der Waals surface area contributed by atoms with E-state index < -0.39 is 0 Å². The van der Waals surface area contributed by atoms with Crippen LogP contribution in [0, 0.1) is 5.92 Å². The zero-order chi connectivity index (χ0) is 18.4. The van der Waals surface area contributed by atoms with Gasteiger partial charge >= 0.3 is 5.69 Å². The maximum absolute atomic E-state index is 12.5. The van der Waals surface area contributed by atoms with Crippen LogP contribution in [0.3, 0.4) is 0 Å². The minimum absolute atomic E-state index is 0.131. The summed E-state index contributed by atoms with van der Waals surface area (Å²) in [5, 5.41) is 7.10. The molecule has 1 aliphatic heterocycles. The normalized spacial score (nSPS) is 15.3. The highest BCUT2D eigenvalue weighted by atomic mass is 32.2. The second-order valence-corrected chi connectivity index (χ2v) is 7.71. The van der Waals surface area contributed by atoms with E-state index in [0.717, 1.165) is 38.8 Å². The lowest BCUT2D eigenvalue weighted by molar-refractivity contribution is -0.129. The van der Waals surface area contributed by atoms with Crippen molar-refractivity contribution in [3.63, 3.8) is 0 Å². The number of aromatic nitrogens is 3. The number of aromatic amines is 1. The van der Waals surface area contributed by atoms with Crippen LogP contribution in [0.15, 0.2) is 40.3 Å². The third-order valence-corrected chi connectivity index (χ3v) is 5.79. The summed E-state index contributed by atoms with van der Waals surface area (Å²) in [6.07, 6.45) is 4.05. The molecule has 140 valence electrons. The number of nitrogens with one attached hydrogen (secondary N) is 1. The first kappa shape index (κ1) is 18.8. The van der Waals surface area contributed by atoms with Gasteiger partial charge in [-0.05, 0) is 37.2 Å². The number of benzene rings is 1. The number of hydrogen-bond acceptors (Lipinski definition) is 4. The molecule has 0 unspecified atom stereocenters. The summed E-state index contributed by atoms with van der Waals surface area (Å²) in [4.78, 5) is 26.1. The van der Waals surface area contributed by atoms with E-state index in [1.807, 2.05) is 17.9 Å². The Morgan fingerprint density at radius 3 is 2.69 bits per heavy atom. The van der Waals surface area contributed by atoms with Crippen LogP contribution in [0.4, 0.5) is 0 Å². The van der Waals surface area contributed by atoms with E-state index in [-0.39, 0.29) is 11.6 Å². The summed E-state index contributed by atoms with van der Waals surface area (Å²) < 4.78 is 1.60. The molecule has 1 N–H and O–H groups in total. The molecule has 0 aliphatic carbocycles. The second-order valence-electron chi connectivity index (χ2n) is 6.77. The highest BCUT2D eigenvalue weighted by Gasteiger charge is 2.23. The van der Waals surface area contributed by atoms with E-state index >= 15 is 0 Å². The Labute approximate surface area is 158 Å². The van der Waals surface area contributed by atoms with Gasteiger partial charge in [-0.25, -0.2) is 9.89 Å². The summed E-state index contributed by atoms with van der Waals surface area (Å²) in [5.41, 5.74) is 1.17. The largest absolute Gasteiger partial charge is 0.343 e. The Balaban J connectivity index is 1.46. The van der Waals surface area contributed by atoms with Crippen molar-refractivity contribution in [3.05, 3.63) is 46.4 Å². The summed E-state index contributed by atoms with van der Waals surface area (Å²) in [5.74, 6) is 1.11. The predicted octanol–water partition coefficient (Wildman–Crippen LogP) is 2.55. The molecule has 0 atom stereocenters. The van der Waals surface area contributed by atoms with Gasteiger partial charge in [0.25, 0.3) is 0 Å². The van der Waals surface area contributed by atoms with Crippen molar-refractivity contribution in [1.29, 1.82) is 0 Å². The molecule has 1 aliphatic rings. The number of amides is 1. The quantitative estimate of drug-likeness (QED) is 0.756. The van der Waals surface area contributed by atoms with E-state index in [2.05, 4.69) is 34.5 Å². The molecule has 7 heteroatoms. The first-order valence-corrected chi connectivity index (χ1v) is 10.3. The van der Waals surface area contributed by atoms with Crippen molar-refractivity contribution in [2.24, 2.45) is 5.92 Å².